The summed E-state index contributed by atoms with van der Waals surface area (Å²) in [5.74, 6) is 0.716. The van der Waals surface area contributed by atoms with Crippen molar-refractivity contribution in [1.82, 2.24) is 15.1 Å². The van der Waals surface area contributed by atoms with Gasteiger partial charge in [0, 0.05) is 26.1 Å². The second-order valence-corrected chi connectivity index (χ2v) is 5.55. The number of oxazole rings is 1. The van der Waals surface area contributed by atoms with E-state index < -0.39 is 0 Å². The van der Waals surface area contributed by atoms with Crippen molar-refractivity contribution in [3.05, 3.63) is 35.7 Å². The van der Waals surface area contributed by atoms with Gasteiger partial charge in [-0.15, -0.1) is 0 Å². The lowest BCUT2D eigenvalue weighted by Crippen LogP contribution is -2.25. The van der Waals surface area contributed by atoms with Crippen LogP contribution in [0.5, 0.6) is 0 Å². The molecule has 2 atom stereocenters. The van der Waals surface area contributed by atoms with E-state index in [-0.39, 0.29) is 18.0 Å². The number of aromatic nitrogens is 3. The number of aryl methyl sites for hydroxylation is 1. The molecule has 3 aromatic rings. The predicted octanol–water partition coefficient (Wildman–Crippen LogP) is 2.62. The maximum absolute atomic E-state index is 13.3. The highest BCUT2D eigenvalue weighted by atomic mass is 19.1. The average Bonchev–Trinajstić information content (AvgIpc) is 3.22. The number of anilines is 1. The molecule has 4 rings (SSSR count). The zero-order valence-corrected chi connectivity index (χ0v) is 12.7. The number of fused-ring (bicyclic) bond motifs is 1. The van der Waals surface area contributed by atoms with Gasteiger partial charge in [0.2, 0.25) is 5.89 Å². The summed E-state index contributed by atoms with van der Waals surface area (Å²) in [4.78, 5) is 10.6. The molecule has 2 aromatic heterocycles. The van der Waals surface area contributed by atoms with Crippen molar-refractivity contribution in [2.75, 3.05) is 18.6 Å². The summed E-state index contributed by atoms with van der Waals surface area (Å²) in [6.45, 7) is 2.35. The molecule has 0 unspecified atom stereocenters. The first kappa shape index (κ1) is 14.1. The van der Waals surface area contributed by atoms with Gasteiger partial charge in [-0.3, -0.25) is 0 Å². The van der Waals surface area contributed by atoms with Crippen molar-refractivity contribution < 1.29 is 18.1 Å². The van der Waals surface area contributed by atoms with Gasteiger partial charge in [-0.05, 0) is 19.1 Å². The minimum absolute atomic E-state index is 0.000968. The maximum Gasteiger partial charge on any atom is 0.299 e. The lowest BCUT2D eigenvalue weighted by Gasteiger charge is -2.18. The number of hydrogen-bond acceptors (Lipinski definition) is 7. The number of benzene rings is 1. The third kappa shape index (κ3) is 2.44. The van der Waals surface area contributed by atoms with Gasteiger partial charge in [0.1, 0.15) is 17.4 Å². The van der Waals surface area contributed by atoms with Gasteiger partial charge in [-0.1, -0.05) is 5.16 Å². The molecule has 23 heavy (non-hydrogen) atoms. The third-order valence-corrected chi connectivity index (χ3v) is 4.01. The molecule has 8 heteroatoms. The van der Waals surface area contributed by atoms with Crippen LogP contribution in [0.4, 0.5) is 10.4 Å². The van der Waals surface area contributed by atoms with Gasteiger partial charge >= 0.3 is 0 Å². The van der Waals surface area contributed by atoms with Crippen molar-refractivity contribution in [1.29, 1.82) is 0 Å². The smallest absolute Gasteiger partial charge is 0.299 e. The first-order valence-corrected chi connectivity index (χ1v) is 7.30. The molecule has 1 aliphatic rings. The molecule has 1 aliphatic heterocycles. The molecule has 1 fully saturated rings. The quantitative estimate of drug-likeness (QED) is 0.734. The molecule has 1 aromatic carbocycles. The van der Waals surface area contributed by atoms with Crippen molar-refractivity contribution in [3.63, 3.8) is 0 Å². The van der Waals surface area contributed by atoms with E-state index in [1.165, 1.54) is 12.1 Å². The predicted molar refractivity (Wildman–Crippen MR) is 78.5 cm³/mol. The molecule has 0 N–H and O–H groups in total. The Labute approximate surface area is 131 Å². The second-order valence-electron chi connectivity index (χ2n) is 5.55. The average molecular weight is 318 g/mol. The minimum Gasteiger partial charge on any atom is -0.423 e. The zero-order chi connectivity index (χ0) is 16.0. The highest BCUT2D eigenvalue weighted by Crippen LogP contribution is 2.37. The van der Waals surface area contributed by atoms with Crippen molar-refractivity contribution >= 4 is 17.1 Å². The van der Waals surface area contributed by atoms with E-state index in [1.807, 2.05) is 4.90 Å². The summed E-state index contributed by atoms with van der Waals surface area (Å²) in [5, 5.41) is 3.84. The summed E-state index contributed by atoms with van der Waals surface area (Å²) >= 11 is 0. The summed E-state index contributed by atoms with van der Waals surface area (Å²) in [7, 11) is 1.66. The second kappa shape index (κ2) is 5.31. The van der Waals surface area contributed by atoms with E-state index in [4.69, 9.17) is 13.7 Å². The lowest BCUT2D eigenvalue weighted by molar-refractivity contribution is 0.117. The van der Waals surface area contributed by atoms with Crippen LogP contribution in [0.25, 0.3) is 11.1 Å². The van der Waals surface area contributed by atoms with Crippen LogP contribution < -0.4 is 4.90 Å². The van der Waals surface area contributed by atoms with Gasteiger partial charge in [-0.25, -0.2) is 4.39 Å². The SMILES string of the molecule is CO[C@@H]1C[C@H](c2nc(C)no2)N(c2nc3cc(F)ccc3o2)C1. The van der Waals surface area contributed by atoms with Gasteiger partial charge in [0.05, 0.1) is 6.10 Å². The van der Waals surface area contributed by atoms with Gasteiger partial charge in [0.25, 0.3) is 6.01 Å². The number of methoxy groups -OCH3 is 1. The normalized spacial score (nSPS) is 21.4. The first-order chi connectivity index (χ1) is 11.1. The molecule has 3 heterocycles. The lowest BCUT2D eigenvalue weighted by atomic mass is 10.2. The molecule has 0 aliphatic carbocycles. The van der Waals surface area contributed by atoms with Gasteiger partial charge < -0.3 is 18.6 Å². The Morgan fingerprint density at radius 2 is 2.22 bits per heavy atom. The van der Waals surface area contributed by atoms with Crippen LogP contribution in [-0.2, 0) is 4.74 Å². The highest BCUT2D eigenvalue weighted by Gasteiger charge is 2.39. The van der Waals surface area contributed by atoms with E-state index in [0.717, 1.165) is 0 Å². The fourth-order valence-corrected chi connectivity index (χ4v) is 2.87. The fourth-order valence-electron chi connectivity index (χ4n) is 2.87. The Morgan fingerprint density at radius 1 is 1.35 bits per heavy atom. The van der Waals surface area contributed by atoms with Crippen LogP contribution in [0.15, 0.2) is 27.1 Å². The van der Waals surface area contributed by atoms with E-state index in [2.05, 4.69) is 15.1 Å². The topological polar surface area (TPSA) is 77.4 Å². The summed E-state index contributed by atoms with van der Waals surface area (Å²) in [6, 6.07) is 4.47. The van der Waals surface area contributed by atoms with Crippen LogP contribution in [0.2, 0.25) is 0 Å². The monoisotopic (exact) mass is 318 g/mol. The Morgan fingerprint density at radius 3 is 2.96 bits per heavy atom. The van der Waals surface area contributed by atoms with E-state index in [9.17, 15) is 4.39 Å². The van der Waals surface area contributed by atoms with E-state index >= 15 is 0 Å². The number of ether oxygens (including phenoxy) is 1. The largest absolute Gasteiger partial charge is 0.423 e. The highest BCUT2D eigenvalue weighted by molar-refractivity contribution is 5.74. The van der Waals surface area contributed by atoms with Gasteiger partial charge in [0.15, 0.2) is 11.4 Å². The molecule has 0 radical (unpaired) electrons. The van der Waals surface area contributed by atoms with Crippen LogP contribution in [0.3, 0.4) is 0 Å². The number of hydrogen-bond donors (Lipinski definition) is 0. The number of rotatable bonds is 3. The molecular weight excluding hydrogens is 303 g/mol. The van der Waals surface area contributed by atoms with E-state index in [0.29, 0.717) is 41.8 Å². The molecule has 0 spiro atoms. The zero-order valence-electron chi connectivity index (χ0n) is 12.7. The standard InChI is InChI=1S/C15H15FN4O3/c1-8-17-14(23-19-8)12-6-10(21-2)7-20(12)15-18-11-5-9(16)3-4-13(11)22-15/h3-5,10,12H,6-7H2,1-2H3/t10-,12-/m1/s1. The first-order valence-electron chi connectivity index (χ1n) is 7.30. The summed E-state index contributed by atoms with van der Waals surface area (Å²) in [6.07, 6.45) is 0.685. The molecule has 0 amide bonds. The Balaban J connectivity index is 1.73. The van der Waals surface area contributed by atoms with Crippen LogP contribution in [0, 0.1) is 12.7 Å². The molecular formula is C15H15FN4O3. The van der Waals surface area contributed by atoms with Crippen LogP contribution in [-0.4, -0.2) is 34.9 Å². The van der Waals surface area contributed by atoms with E-state index in [1.54, 1.807) is 20.1 Å². The van der Waals surface area contributed by atoms with Gasteiger partial charge in [-0.2, -0.15) is 9.97 Å². The maximum atomic E-state index is 13.3. The number of nitrogens with zero attached hydrogens (tertiary/aromatic N) is 4. The van der Waals surface area contributed by atoms with Crippen LogP contribution in [0.1, 0.15) is 24.2 Å². The molecule has 0 bridgehead atoms. The third-order valence-electron chi connectivity index (χ3n) is 4.01. The van der Waals surface area contributed by atoms with Crippen molar-refractivity contribution in [3.8, 4) is 0 Å². The van der Waals surface area contributed by atoms with Crippen molar-refractivity contribution in [2.24, 2.45) is 0 Å². The Bertz CT molecular complexity index is 846. The Kier molecular flexibility index (Phi) is 3.26. The number of halogens is 1. The molecule has 120 valence electrons. The molecule has 0 saturated carbocycles. The minimum atomic E-state index is -0.349. The molecule has 7 nitrogen and oxygen atoms in total. The fraction of sp³-hybridized carbons (Fsp3) is 0.400. The Hall–Kier alpha value is -2.48. The van der Waals surface area contributed by atoms with Crippen LogP contribution >= 0.6 is 0 Å². The summed E-state index contributed by atoms with van der Waals surface area (Å²) < 4.78 is 29.8. The molecule has 1 saturated heterocycles. The summed E-state index contributed by atoms with van der Waals surface area (Å²) in [5.41, 5.74) is 1.00. The van der Waals surface area contributed by atoms with Crippen molar-refractivity contribution in [2.45, 2.75) is 25.5 Å².